The number of hydrogen-bond acceptors (Lipinski definition) is 5. The van der Waals surface area contributed by atoms with Gasteiger partial charge in [-0.2, -0.15) is 13.2 Å². The van der Waals surface area contributed by atoms with Crippen LogP contribution in [0.25, 0.3) is 0 Å². The van der Waals surface area contributed by atoms with Gasteiger partial charge in [-0.05, 0) is 24.1 Å². The van der Waals surface area contributed by atoms with Crippen LogP contribution in [0.15, 0.2) is 23.1 Å². The lowest BCUT2D eigenvalue weighted by molar-refractivity contribution is -0.139. The van der Waals surface area contributed by atoms with Gasteiger partial charge in [0, 0.05) is 31.9 Å². The molecule has 1 aliphatic heterocycles. The number of nitrogens with two attached hydrogens (primary N) is 1. The Labute approximate surface area is 145 Å². The van der Waals surface area contributed by atoms with Crippen molar-refractivity contribution in [3.63, 3.8) is 0 Å². The van der Waals surface area contributed by atoms with Gasteiger partial charge in [0.2, 0.25) is 10.0 Å². The molecule has 0 aromatic heterocycles. The number of primary sulfonamides is 1. The summed E-state index contributed by atoms with van der Waals surface area (Å²) >= 11 is 0. The second kappa shape index (κ2) is 7.90. The van der Waals surface area contributed by atoms with E-state index in [0.717, 1.165) is 31.8 Å². The Hall–Kier alpha value is -1.36. The molecule has 0 saturated carbocycles. The van der Waals surface area contributed by atoms with Crippen molar-refractivity contribution in [1.29, 1.82) is 0 Å². The smallest absolute Gasteiger partial charge is 0.385 e. The predicted octanol–water partition coefficient (Wildman–Crippen LogP) is 1.73. The molecule has 142 valence electrons. The van der Waals surface area contributed by atoms with Crippen LogP contribution < -0.4 is 10.5 Å². The monoisotopic (exact) mass is 381 g/mol. The molecule has 6 nitrogen and oxygen atoms in total. The second-order valence-corrected chi connectivity index (χ2v) is 7.68. The summed E-state index contributed by atoms with van der Waals surface area (Å²) in [5, 5.41) is 7.80. The molecular formula is C15H22F3N3O3S. The molecule has 3 N–H and O–H groups in total. The van der Waals surface area contributed by atoms with E-state index >= 15 is 0 Å². The molecule has 10 heteroatoms. The van der Waals surface area contributed by atoms with Gasteiger partial charge in [0.05, 0.1) is 23.7 Å². The van der Waals surface area contributed by atoms with Gasteiger partial charge < -0.3 is 10.1 Å². The van der Waals surface area contributed by atoms with Crippen molar-refractivity contribution in [2.24, 2.45) is 11.1 Å². The number of morpholine rings is 1. The molecule has 25 heavy (non-hydrogen) atoms. The minimum Gasteiger partial charge on any atom is -0.385 e. The highest BCUT2D eigenvalue weighted by Gasteiger charge is 2.36. The van der Waals surface area contributed by atoms with E-state index in [4.69, 9.17) is 9.88 Å². The summed E-state index contributed by atoms with van der Waals surface area (Å²) in [5.41, 5.74) is -1.06. The fraction of sp³-hybridized carbons (Fsp3) is 0.600. The van der Waals surface area contributed by atoms with Crippen LogP contribution in [0.5, 0.6) is 0 Å². The molecule has 0 spiro atoms. The summed E-state index contributed by atoms with van der Waals surface area (Å²) < 4.78 is 67.3. The number of rotatable bonds is 6. The van der Waals surface area contributed by atoms with Gasteiger partial charge in [0.25, 0.3) is 0 Å². The number of ether oxygens (including phenoxy) is 1. The molecule has 1 unspecified atom stereocenters. The third-order valence-electron chi connectivity index (χ3n) is 3.92. The van der Waals surface area contributed by atoms with E-state index in [2.05, 4.69) is 10.2 Å². The van der Waals surface area contributed by atoms with Crippen LogP contribution >= 0.6 is 0 Å². The summed E-state index contributed by atoms with van der Waals surface area (Å²) in [4.78, 5) is 1.31. The minimum absolute atomic E-state index is 0.199. The number of benzene rings is 1. The average molecular weight is 381 g/mol. The third kappa shape index (κ3) is 5.84. The van der Waals surface area contributed by atoms with Crippen LogP contribution in [0.1, 0.15) is 12.5 Å². The molecular weight excluding hydrogens is 359 g/mol. The van der Waals surface area contributed by atoms with Crippen LogP contribution in [0, 0.1) is 5.92 Å². The molecule has 1 atom stereocenters. The zero-order valence-corrected chi connectivity index (χ0v) is 14.7. The first kappa shape index (κ1) is 20.0. The van der Waals surface area contributed by atoms with Gasteiger partial charge in [-0.15, -0.1) is 0 Å². The SMILES string of the molecule is CC(CNc1ccc(S(N)(=O)=O)c(C(F)(F)F)c1)CN1CCOCC1. The molecule has 1 aromatic carbocycles. The lowest BCUT2D eigenvalue weighted by atomic mass is 10.1. The van der Waals surface area contributed by atoms with Crippen molar-refractivity contribution in [3.05, 3.63) is 23.8 Å². The van der Waals surface area contributed by atoms with Gasteiger partial charge in [-0.1, -0.05) is 6.92 Å². The number of alkyl halides is 3. The van der Waals surface area contributed by atoms with Crippen molar-refractivity contribution >= 4 is 15.7 Å². The van der Waals surface area contributed by atoms with E-state index in [9.17, 15) is 21.6 Å². The van der Waals surface area contributed by atoms with Gasteiger partial charge in [0.15, 0.2) is 0 Å². The van der Waals surface area contributed by atoms with Crippen molar-refractivity contribution in [3.8, 4) is 0 Å². The van der Waals surface area contributed by atoms with Crippen LogP contribution in [0.4, 0.5) is 18.9 Å². The van der Waals surface area contributed by atoms with Gasteiger partial charge in [-0.3, -0.25) is 4.90 Å². The lowest BCUT2D eigenvalue weighted by Gasteiger charge is -2.29. The average Bonchev–Trinajstić information content (AvgIpc) is 2.52. The first-order valence-electron chi connectivity index (χ1n) is 7.85. The Bertz CT molecular complexity index is 689. The Kier molecular flexibility index (Phi) is 6.30. The largest absolute Gasteiger partial charge is 0.417 e. The fourth-order valence-corrected chi connectivity index (χ4v) is 3.43. The highest BCUT2D eigenvalue weighted by molar-refractivity contribution is 7.89. The summed E-state index contributed by atoms with van der Waals surface area (Å²) in [5.74, 6) is 0.199. The predicted molar refractivity (Wildman–Crippen MR) is 87.7 cm³/mol. The maximum Gasteiger partial charge on any atom is 0.417 e. The summed E-state index contributed by atoms with van der Waals surface area (Å²) in [6.45, 7) is 6.30. The Morgan fingerprint density at radius 2 is 1.96 bits per heavy atom. The van der Waals surface area contributed by atoms with Gasteiger partial charge in [0.1, 0.15) is 0 Å². The highest BCUT2D eigenvalue weighted by Crippen LogP contribution is 2.35. The first-order chi connectivity index (χ1) is 11.6. The maximum absolute atomic E-state index is 13.1. The lowest BCUT2D eigenvalue weighted by Crippen LogP contribution is -2.40. The van der Waals surface area contributed by atoms with Crippen molar-refractivity contribution in [2.45, 2.75) is 18.0 Å². The molecule has 0 aliphatic carbocycles. The molecule has 0 radical (unpaired) electrons. The number of anilines is 1. The zero-order valence-electron chi connectivity index (χ0n) is 13.8. The minimum atomic E-state index is -4.81. The standard InChI is InChI=1S/C15H22F3N3O3S/c1-11(10-21-4-6-24-7-5-21)9-20-12-2-3-14(25(19,22)23)13(8-12)15(16,17)18/h2-3,8,11,20H,4-7,9-10H2,1H3,(H2,19,22,23). The van der Waals surface area contributed by atoms with E-state index < -0.39 is 26.7 Å². The van der Waals surface area contributed by atoms with Crippen LogP contribution in [-0.2, 0) is 20.9 Å². The van der Waals surface area contributed by atoms with Crippen molar-refractivity contribution < 1.29 is 26.3 Å². The number of sulfonamides is 1. The van der Waals surface area contributed by atoms with E-state index in [-0.39, 0.29) is 11.6 Å². The van der Waals surface area contributed by atoms with E-state index in [1.165, 1.54) is 6.07 Å². The summed E-state index contributed by atoms with van der Waals surface area (Å²) in [6, 6.07) is 2.95. The van der Waals surface area contributed by atoms with Crippen molar-refractivity contribution in [1.82, 2.24) is 4.90 Å². The second-order valence-electron chi connectivity index (χ2n) is 6.15. The molecule has 1 saturated heterocycles. The molecule has 2 rings (SSSR count). The molecule has 0 amide bonds. The topological polar surface area (TPSA) is 84.7 Å². The van der Waals surface area contributed by atoms with E-state index in [1.54, 1.807) is 0 Å². The van der Waals surface area contributed by atoms with Gasteiger partial charge in [-0.25, -0.2) is 13.6 Å². The molecule has 1 heterocycles. The van der Waals surface area contributed by atoms with Crippen LogP contribution in [0.3, 0.4) is 0 Å². The van der Waals surface area contributed by atoms with E-state index in [0.29, 0.717) is 19.8 Å². The van der Waals surface area contributed by atoms with E-state index in [1.807, 2.05) is 6.92 Å². The quantitative estimate of drug-likeness (QED) is 0.784. The molecule has 1 aromatic rings. The van der Waals surface area contributed by atoms with Crippen LogP contribution in [-0.4, -0.2) is 52.7 Å². The maximum atomic E-state index is 13.1. The van der Waals surface area contributed by atoms with Crippen LogP contribution in [0.2, 0.25) is 0 Å². The number of hydrogen-bond donors (Lipinski definition) is 2. The summed E-state index contributed by atoms with van der Waals surface area (Å²) in [7, 11) is -4.45. The molecule has 1 fully saturated rings. The fourth-order valence-electron chi connectivity index (χ4n) is 2.69. The number of nitrogens with one attached hydrogen (secondary N) is 1. The normalized spacial score (nSPS) is 18.1. The third-order valence-corrected chi connectivity index (χ3v) is 4.89. The summed E-state index contributed by atoms with van der Waals surface area (Å²) in [6.07, 6.45) is -4.81. The highest BCUT2D eigenvalue weighted by atomic mass is 32.2. The van der Waals surface area contributed by atoms with Gasteiger partial charge >= 0.3 is 6.18 Å². The number of nitrogens with zero attached hydrogens (tertiary/aromatic N) is 1. The Morgan fingerprint density at radius 1 is 1.32 bits per heavy atom. The molecule has 1 aliphatic rings. The molecule has 0 bridgehead atoms. The Morgan fingerprint density at radius 3 is 2.52 bits per heavy atom. The van der Waals surface area contributed by atoms with Crippen molar-refractivity contribution in [2.75, 3.05) is 44.7 Å². The Balaban J connectivity index is 2.04. The number of halogens is 3. The zero-order chi connectivity index (χ0) is 18.7. The first-order valence-corrected chi connectivity index (χ1v) is 9.40.